The van der Waals surface area contributed by atoms with Gasteiger partial charge >= 0.3 is 5.51 Å². The smallest absolute Gasteiger partial charge is 0.482 e. The van der Waals surface area contributed by atoms with E-state index in [4.69, 9.17) is 0 Å². The van der Waals surface area contributed by atoms with Crippen LogP contribution in [0, 0.1) is 0 Å². The average molecular weight is 295 g/mol. The van der Waals surface area contributed by atoms with E-state index in [1.165, 1.54) is 0 Å². The summed E-state index contributed by atoms with van der Waals surface area (Å²) in [6.07, 6.45) is 0. The Balaban J connectivity index is 2.80. The molecule has 0 heterocycles. The van der Waals surface area contributed by atoms with Crippen molar-refractivity contribution in [3.63, 3.8) is 0 Å². The number of rotatable bonds is 5. The molecule has 0 radical (unpaired) electrons. The van der Waals surface area contributed by atoms with Gasteiger partial charge in [-0.2, -0.15) is 13.2 Å². The summed E-state index contributed by atoms with van der Waals surface area (Å²) in [4.78, 5) is 0. The van der Waals surface area contributed by atoms with Crippen molar-refractivity contribution in [3.05, 3.63) is 47.2 Å². The number of benzene rings is 1. The molecular formula is C11H12F3NO3S. The van der Waals surface area contributed by atoms with Crippen LogP contribution >= 0.6 is 0 Å². The number of halogens is 3. The van der Waals surface area contributed by atoms with E-state index in [0.717, 1.165) is 12.7 Å². The minimum atomic E-state index is -5.36. The van der Waals surface area contributed by atoms with E-state index in [2.05, 4.69) is 10.1 Å². The number of nitrogens with one attached hydrogen (secondary N) is 1. The van der Waals surface area contributed by atoms with Gasteiger partial charge in [0.05, 0.1) is 12.5 Å². The van der Waals surface area contributed by atoms with Crippen LogP contribution < -0.4 is 5.32 Å². The van der Waals surface area contributed by atoms with Crippen LogP contribution in [0.5, 0.6) is 0 Å². The van der Waals surface area contributed by atoms with E-state index < -0.39 is 21.2 Å². The molecule has 0 bridgehead atoms. The quantitative estimate of drug-likeness (QED) is 0.846. The molecule has 0 amide bonds. The van der Waals surface area contributed by atoms with Crippen molar-refractivity contribution in [2.45, 2.75) is 12.1 Å². The highest BCUT2D eigenvalue weighted by molar-refractivity contribution is 7.95. The lowest BCUT2D eigenvalue weighted by molar-refractivity contribution is -0.0424. The van der Waals surface area contributed by atoms with Crippen LogP contribution in [-0.2, 0) is 21.1 Å². The number of methoxy groups -OCH3 is 1. The van der Waals surface area contributed by atoms with Gasteiger partial charge in [0, 0.05) is 6.54 Å². The number of alkyl halides is 3. The van der Waals surface area contributed by atoms with Crippen molar-refractivity contribution < 1.29 is 26.3 Å². The summed E-state index contributed by atoms with van der Waals surface area (Å²) in [7, 11) is -4.28. The summed E-state index contributed by atoms with van der Waals surface area (Å²) in [5.74, 6) is -0.471. The Kier molecular flexibility index (Phi) is 4.82. The summed E-state index contributed by atoms with van der Waals surface area (Å²) < 4.78 is 62.9. The van der Waals surface area contributed by atoms with Crippen LogP contribution in [0.15, 0.2) is 41.6 Å². The van der Waals surface area contributed by atoms with E-state index in [-0.39, 0.29) is 12.0 Å². The van der Waals surface area contributed by atoms with Crippen LogP contribution in [0.25, 0.3) is 0 Å². The molecule has 0 aliphatic carbocycles. The van der Waals surface area contributed by atoms with Crippen LogP contribution in [0.1, 0.15) is 5.56 Å². The third kappa shape index (κ3) is 4.47. The number of hydrogen-bond acceptors (Lipinski definition) is 4. The monoisotopic (exact) mass is 295 g/mol. The summed E-state index contributed by atoms with van der Waals surface area (Å²) in [6.45, 7) is 0.147. The fourth-order valence-electron chi connectivity index (χ4n) is 1.15. The minimum absolute atomic E-state index is 0.0238. The fourth-order valence-corrected chi connectivity index (χ4v) is 1.75. The molecule has 0 fully saturated rings. The zero-order valence-electron chi connectivity index (χ0n) is 9.94. The molecule has 1 rings (SSSR count). The van der Waals surface area contributed by atoms with Gasteiger partial charge in [-0.15, -0.1) is 0 Å². The largest absolute Gasteiger partial charge is 0.501 e. The van der Waals surface area contributed by atoms with Crippen molar-refractivity contribution in [2.24, 2.45) is 0 Å². The lowest BCUT2D eigenvalue weighted by Crippen LogP contribution is -2.24. The van der Waals surface area contributed by atoms with E-state index in [0.29, 0.717) is 0 Å². The minimum Gasteiger partial charge on any atom is -0.482 e. The van der Waals surface area contributed by atoms with Gasteiger partial charge in [0.2, 0.25) is 0 Å². The molecule has 0 saturated carbocycles. The molecule has 0 aromatic heterocycles. The van der Waals surface area contributed by atoms with Gasteiger partial charge in [-0.3, -0.25) is 0 Å². The van der Waals surface area contributed by atoms with Gasteiger partial charge in [-0.25, -0.2) is 8.42 Å². The van der Waals surface area contributed by atoms with Crippen molar-refractivity contribution in [1.82, 2.24) is 5.32 Å². The standard InChI is InChI=1S/C11H12F3NO3S/c1-18-10(8-19(16,17)11(12,13)14)15-7-9-5-3-2-4-6-9/h2-6,8,15H,7H2,1H3/b10-8-. The molecule has 19 heavy (non-hydrogen) atoms. The molecule has 0 atom stereocenters. The normalized spacial score (nSPS) is 13.2. The van der Waals surface area contributed by atoms with Crippen molar-refractivity contribution >= 4 is 9.84 Å². The fraction of sp³-hybridized carbons (Fsp3) is 0.273. The lowest BCUT2D eigenvalue weighted by Gasteiger charge is -2.10. The Hall–Kier alpha value is -1.70. The van der Waals surface area contributed by atoms with Crippen LogP contribution in [0.4, 0.5) is 13.2 Å². The first kappa shape index (κ1) is 15.4. The molecule has 0 unspecified atom stereocenters. The van der Waals surface area contributed by atoms with E-state index in [9.17, 15) is 21.6 Å². The SMILES string of the molecule is CO/C(=C\S(=O)(=O)C(F)(F)F)NCc1ccccc1. The number of ether oxygens (including phenoxy) is 1. The topological polar surface area (TPSA) is 55.4 Å². The van der Waals surface area contributed by atoms with Gasteiger partial charge < -0.3 is 10.1 Å². The maximum absolute atomic E-state index is 12.2. The van der Waals surface area contributed by atoms with Crippen molar-refractivity contribution in [3.8, 4) is 0 Å². The van der Waals surface area contributed by atoms with Gasteiger partial charge in [0.1, 0.15) is 0 Å². The van der Waals surface area contributed by atoms with Gasteiger partial charge in [0.15, 0.2) is 5.88 Å². The second-order valence-corrected chi connectivity index (χ2v) is 5.30. The Bertz CT molecular complexity index is 538. The second-order valence-electron chi connectivity index (χ2n) is 3.52. The Morgan fingerprint density at radius 1 is 1.32 bits per heavy atom. The predicted octanol–water partition coefficient (Wildman–Crippen LogP) is 2.16. The van der Waals surface area contributed by atoms with Gasteiger partial charge in [-0.05, 0) is 5.56 Å². The number of hydrogen-bond donors (Lipinski definition) is 1. The Morgan fingerprint density at radius 2 is 1.89 bits per heavy atom. The first-order valence-corrected chi connectivity index (χ1v) is 6.66. The molecule has 1 N–H and O–H groups in total. The molecule has 0 saturated heterocycles. The highest BCUT2D eigenvalue weighted by atomic mass is 32.2. The highest BCUT2D eigenvalue weighted by Crippen LogP contribution is 2.25. The molecule has 4 nitrogen and oxygen atoms in total. The second kappa shape index (κ2) is 5.96. The predicted molar refractivity (Wildman–Crippen MR) is 63.3 cm³/mol. The zero-order chi connectivity index (χ0) is 14.5. The molecular weight excluding hydrogens is 283 g/mol. The first-order chi connectivity index (χ1) is 8.76. The zero-order valence-corrected chi connectivity index (χ0v) is 10.8. The molecule has 8 heteroatoms. The van der Waals surface area contributed by atoms with E-state index in [1.54, 1.807) is 30.3 Å². The van der Waals surface area contributed by atoms with Crippen LogP contribution in [-0.4, -0.2) is 21.0 Å². The first-order valence-electron chi connectivity index (χ1n) is 5.11. The summed E-state index contributed by atoms with van der Waals surface area (Å²) >= 11 is 0. The van der Waals surface area contributed by atoms with Gasteiger partial charge in [0.25, 0.3) is 9.84 Å². The molecule has 0 spiro atoms. The lowest BCUT2D eigenvalue weighted by atomic mass is 10.2. The average Bonchev–Trinajstić information content (AvgIpc) is 2.34. The van der Waals surface area contributed by atoms with Crippen molar-refractivity contribution in [1.29, 1.82) is 0 Å². The van der Waals surface area contributed by atoms with Gasteiger partial charge in [-0.1, -0.05) is 30.3 Å². The third-order valence-electron chi connectivity index (χ3n) is 2.11. The number of sulfone groups is 1. The highest BCUT2D eigenvalue weighted by Gasteiger charge is 2.44. The third-order valence-corrected chi connectivity index (χ3v) is 3.28. The molecule has 0 aliphatic rings. The molecule has 0 aliphatic heterocycles. The van der Waals surface area contributed by atoms with E-state index >= 15 is 0 Å². The maximum atomic E-state index is 12.2. The van der Waals surface area contributed by atoms with Crippen LogP contribution in [0.2, 0.25) is 0 Å². The Labute approximate surface area is 108 Å². The summed E-state index contributed by atoms with van der Waals surface area (Å²) in [5.41, 5.74) is -4.57. The Morgan fingerprint density at radius 3 is 2.37 bits per heavy atom. The summed E-state index contributed by atoms with van der Waals surface area (Å²) in [5, 5.41) is 2.50. The van der Waals surface area contributed by atoms with Crippen molar-refractivity contribution in [2.75, 3.05) is 7.11 Å². The maximum Gasteiger partial charge on any atom is 0.501 e. The molecule has 1 aromatic carbocycles. The summed E-state index contributed by atoms with van der Waals surface area (Å²) in [6, 6.07) is 8.75. The molecule has 1 aromatic rings. The molecule has 106 valence electrons. The van der Waals surface area contributed by atoms with E-state index in [1.807, 2.05) is 0 Å². The van der Waals surface area contributed by atoms with Crippen LogP contribution in [0.3, 0.4) is 0 Å².